The van der Waals surface area contributed by atoms with E-state index in [0.29, 0.717) is 12.1 Å². The van der Waals surface area contributed by atoms with Crippen LogP contribution in [0.4, 0.5) is 5.82 Å². The Kier molecular flexibility index (Phi) is 4.95. The Morgan fingerprint density at radius 1 is 1.07 bits per heavy atom. The summed E-state index contributed by atoms with van der Waals surface area (Å²) in [4.78, 5) is 0.128. The van der Waals surface area contributed by atoms with E-state index in [4.69, 9.17) is 0 Å². The minimum Gasteiger partial charge on any atom is -0.264 e. The van der Waals surface area contributed by atoms with Crippen molar-refractivity contribution in [1.82, 2.24) is 9.78 Å². The number of nitrogens with one attached hydrogen (secondary N) is 1. The fraction of sp³-hybridized carbons (Fsp3) is 0.250. The minimum atomic E-state index is -3.83. The van der Waals surface area contributed by atoms with Crippen molar-refractivity contribution in [1.29, 1.82) is 0 Å². The normalized spacial score (nSPS) is 18.6. The second-order valence-corrected chi connectivity index (χ2v) is 11.1. The molecule has 0 saturated carbocycles. The second-order valence-electron chi connectivity index (χ2n) is 7.20. The van der Waals surface area contributed by atoms with Crippen molar-refractivity contribution in [2.24, 2.45) is 0 Å². The van der Waals surface area contributed by atoms with Crippen LogP contribution in [0, 0.1) is 6.92 Å². The third-order valence-electron chi connectivity index (χ3n) is 4.93. The van der Waals surface area contributed by atoms with Gasteiger partial charge in [-0.15, -0.1) is 0 Å². The van der Waals surface area contributed by atoms with Crippen molar-refractivity contribution >= 4 is 25.7 Å². The number of aromatic nitrogens is 2. The molecule has 152 valence electrons. The number of sulfonamides is 1. The molecule has 7 nitrogen and oxygen atoms in total. The standard InChI is InChI=1S/C20H21N3O4S2/c1-15-7-9-16(10-8-15)19-13-20(22-29(26,27)18-5-3-2-4-6-18)23(21-19)17-11-12-28(24,25)14-17/h2-10,13,17,22H,11-12,14H2,1H3. The van der Waals surface area contributed by atoms with Gasteiger partial charge >= 0.3 is 0 Å². The lowest BCUT2D eigenvalue weighted by Gasteiger charge is -2.14. The molecule has 1 atom stereocenters. The van der Waals surface area contributed by atoms with E-state index in [9.17, 15) is 16.8 Å². The first-order valence-electron chi connectivity index (χ1n) is 9.18. The molecule has 0 radical (unpaired) electrons. The van der Waals surface area contributed by atoms with Gasteiger partial charge in [0.25, 0.3) is 10.0 Å². The SMILES string of the molecule is Cc1ccc(-c2cc(NS(=O)(=O)c3ccccc3)n(C3CCS(=O)(=O)C3)n2)cc1. The highest BCUT2D eigenvalue weighted by Gasteiger charge is 2.32. The summed E-state index contributed by atoms with van der Waals surface area (Å²) in [7, 11) is -6.99. The first kappa shape index (κ1) is 19.7. The summed E-state index contributed by atoms with van der Waals surface area (Å²) in [5, 5.41) is 4.56. The van der Waals surface area contributed by atoms with E-state index >= 15 is 0 Å². The molecule has 4 rings (SSSR count). The Bertz CT molecular complexity index is 1230. The van der Waals surface area contributed by atoms with Crippen LogP contribution < -0.4 is 4.72 Å². The highest BCUT2D eigenvalue weighted by Crippen LogP contribution is 2.31. The smallest absolute Gasteiger partial charge is 0.263 e. The molecule has 1 aromatic heterocycles. The van der Waals surface area contributed by atoms with Crippen LogP contribution in [-0.2, 0) is 19.9 Å². The zero-order valence-corrected chi connectivity index (χ0v) is 17.4. The molecule has 1 saturated heterocycles. The number of nitrogens with zero attached hydrogens (tertiary/aromatic N) is 2. The number of aryl methyl sites for hydroxylation is 1. The van der Waals surface area contributed by atoms with Crippen LogP contribution in [0.15, 0.2) is 65.6 Å². The molecular weight excluding hydrogens is 410 g/mol. The molecule has 9 heteroatoms. The zero-order chi connectivity index (χ0) is 20.6. The Balaban J connectivity index is 1.76. The summed E-state index contributed by atoms with van der Waals surface area (Å²) in [6.07, 6.45) is 0.400. The molecule has 2 heterocycles. The van der Waals surface area contributed by atoms with Gasteiger partial charge in [0.15, 0.2) is 9.84 Å². The molecule has 0 spiro atoms. The minimum absolute atomic E-state index is 0.0535. The van der Waals surface area contributed by atoms with Crippen LogP contribution >= 0.6 is 0 Å². The number of hydrogen-bond acceptors (Lipinski definition) is 5. The number of benzene rings is 2. The van der Waals surface area contributed by atoms with Crippen LogP contribution in [-0.4, -0.2) is 38.1 Å². The number of sulfone groups is 1. The molecule has 2 aromatic carbocycles. The van der Waals surface area contributed by atoms with Crippen molar-refractivity contribution in [3.05, 3.63) is 66.2 Å². The summed E-state index contributed by atoms with van der Waals surface area (Å²) in [6.45, 7) is 1.98. The molecule has 0 bridgehead atoms. The molecule has 1 N–H and O–H groups in total. The third-order valence-corrected chi connectivity index (χ3v) is 8.05. The molecule has 0 amide bonds. The molecule has 1 unspecified atom stereocenters. The maximum absolute atomic E-state index is 12.8. The van der Waals surface area contributed by atoms with E-state index in [1.54, 1.807) is 24.3 Å². The predicted octanol–water partition coefficient (Wildman–Crippen LogP) is 3.02. The molecule has 29 heavy (non-hydrogen) atoms. The monoisotopic (exact) mass is 431 g/mol. The number of anilines is 1. The van der Waals surface area contributed by atoms with E-state index in [0.717, 1.165) is 11.1 Å². The quantitative estimate of drug-likeness (QED) is 0.670. The molecule has 0 aliphatic carbocycles. The molecule has 1 fully saturated rings. The third kappa shape index (κ3) is 4.20. The zero-order valence-electron chi connectivity index (χ0n) is 15.8. The Morgan fingerprint density at radius 2 is 1.76 bits per heavy atom. The molecule has 1 aliphatic rings. The van der Waals surface area contributed by atoms with Crippen LogP contribution in [0.1, 0.15) is 18.0 Å². The highest BCUT2D eigenvalue weighted by molar-refractivity contribution is 7.92. The lowest BCUT2D eigenvalue weighted by molar-refractivity contribution is 0.507. The van der Waals surface area contributed by atoms with Crippen molar-refractivity contribution in [2.45, 2.75) is 24.3 Å². The topological polar surface area (TPSA) is 98.1 Å². The van der Waals surface area contributed by atoms with Crippen LogP contribution in [0.25, 0.3) is 11.3 Å². The van der Waals surface area contributed by atoms with E-state index < -0.39 is 25.9 Å². The van der Waals surface area contributed by atoms with Crippen molar-refractivity contribution in [3.63, 3.8) is 0 Å². The fourth-order valence-corrected chi connectivity index (χ4v) is 6.13. The van der Waals surface area contributed by atoms with Gasteiger partial charge in [0, 0.05) is 11.6 Å². The fourth-order valence-electron chi connectivity index (χ4n) is 3.38. The number of rotatable bonds is 5. The van der Waals surface area contributed by atoms with Gasteiger partial charge < -0.3 is 0 Å². The van der Waals surface area contributed by atoms with Crippen LogP contribution in [0.5, 0.6) is 0 Å². The van der Waals surface area contributed by atoms with E-state index in [2.05, 4.69) is 9.82 Å². The van der Waals surface area contributed by atoms with Gasteiger partial charge in [-0.1, -0.05) is 48.0 Å². The number of hydrogen-bond donors (Lipinski definition) is 1. The predicted molar refractivity (Wildman–Crippen MR) is 112 cm³/mol. The van der Waals surface area contributed by atoms with Gasteiger partial charge in [-0.25, -0.2) is 21.5 Å². The van der Waals surface area contributed by atoms with E-state index in [1.165, 1.54) is 16.8 Å². The summed E-state index contributed by atoms with van der Waals surface area (Å²) in [5.41, 5.74) is 2.51. The average molecular weight is 432 g/mol. The van der Waals surface area contributed by atoms with Crippen molar-refractivity contribution < 1.29 is 16.8 Å². The Hall–Kier alpha value is -2.65. The van der Waals surface area contributed by atoms with Gasteiger partial charge in [0.2, 0.25) is 0 Å². The van der Waals surface area contributed by atoms with Gasteiger partial charge in [0.1, 0.15) is 5.82 Å². The van der Waals surface area contributed by atoms with Gasteiger partial charge in [-0.2, -0.15) is 5.10 Å². The maximum atomic E-state index is 12.8. The average Bonchev–Trinajstić information content (AvgIpc) is 3.25. The Morgan fingerprint density at radius 3 is 2.38 bits per heavy atom. The van der Waals surface area contributed by atoms with Crippen LogP contribution in [0.3, 0.4) is 0 Å². The van der Waals surface area contributed by atoms with Crippen molar-refractivity contribution in [3.8, 4) is 11.3 Å². The van der Waals surface area contributed by atoms with Crippen LogP contribution in [0.2, 0.25) is 0 Å². The van der Waals surface area contributed by atoms with Gasteiger partial charge in [0.05, 0.1) is 28.1 Å². The lowest BCUT2D eigenvalue weighted by Crippen LogP contribution is -2.19. The van der Waals surface area contributed by atoms with Gasteiger partial charge in [-0.3, -0.25) is 4.72 Å². The first-order chi connectivity index (χ1) is 13.7. The van der Waals surface area contributed by atoms with E-state index in [1.807, 2.05) is 31.2 Å². The largest absolute Gasteiger partial charge is 0.264 e. The molecule has 1 aliphatic heterocycles. The summed E-state index contributed by atoms with van der Waals surface area (Å²) >= 11 is 0. The highest BCUT2D eigenvalue weighted by atomic mass is 32.2. The summed E-state index contributed by atoms with van der Waals surface area (Å²) in [5.74, 6) is 0.274. The Labute approximate surface area is 170 Å². The maximum Gasteiger partial charge on any atom is 0.263 e. The molecule has 3 aromatic rings. The van der Waals surface area contributed by atoms with Gasteiger partial charge in [-0.05, 0) is 25.5 Å². The van der Waals surface area contributed by atoms with Crippen molar-refractivity contribution in [2.75, 3.05) is 16.2 Å². The van der Waals surface area contributed by atoms with E-state index in [-0.39, 0.29) is 22.2 Å². The summed E-state index contributed by atoms with van der Waals surface area (Å²) < 4.78 is 53.7. The second kappa shape index (κ2) is 7.31. The summed E-state index contributed by atoms with van der Waals surface area (Å²) in [6, 6.07) is 17.0. The lowest BCUT2D eigenvalue weighted by atomic mass is 10.1. The first-order valence-corrected chi connectivity index (χ1v) is 12.5. The molecular formula is C20H21N3O4S2.